The van der Waals surface area contributed by atoms with E-state index in [9.17, 15) is 4.79 Å². The third kappa shape index (κ3) is 3.93. The molecule has 1 amide bonds. The van der Waals surface area contributed by atoms with Crippen molar-refractivity contribution in [3.8, 4) is 0 Å². The van der Waals surface area contributed by atoms with Gasteiger partial charge in [0.2, 0.25) is 5.91 Å². The molecular formula is C14H21ClN2O2. The number of hydrogen-bond acceptors (Lipinski definition) is 3. The molecule has 1 aromatic rings. The fourth-order valence-electron chi connectivity index (χ4n) is 2.13. The molecular weight excluding hydrogens is 264 g/mol. The lowest BCUT2D eigenvalue weighted by atomic mass is 10.0. The lowest BCUT2D eigenvalue weighted by molar-refractivity contribution is -0.139. The van der Waals surface area contributed by atoms with Gasteiger partial charge in [0.1, 0.15) is 6.04 Å². The maximum atomic E-state index is 12.3. The second kappa shape index (κ2) is 6.89. The van der Waals surface area contributed by atoms with Crippen LogP contribution in [0.25, 0.3) is 0 Å². The molecule has 106 valence electrons. The molecule has 2 unspecified atom stereocenters. The molecule has 1 heterocycles. The van der Waals surface area contributed by atoms with Gasteiger partial charge >= 0.3 is 0 Å². The maximum Gasteiger partial charge on any atom is 0.244 e. The van der Waals surface area contributed by atoms with E-state index in [1.807, 2.05) is 38.1 Å². The molecule has 2 rings (SSSR count). The lowest BCUT2D eigenvalue weighted by Crippen LogP contribution is -2.47. The van der Waals surface area contributed by atoms with Crippen molar-refractivity contribution in [3.63, 3.8) is 0 Å². The molecule has 0 aliphatic carbocycles. The molecule has 19 heavy (non-hydrogen) atoms. The van der Waals surface area contributed by atoms with Crippen LogP contribution >= 0.6 is 12.4 Å². The van der Waals surface area contributed by atoms with Gasteiger partial charge in [0.05, 0.1) is 12.7 Å². The smallest absolute Gasteiger partial charge is 0.244 e. The van der Waals surface area contributed by atoms with Gasteiger partial charge in [-0.05, 0) is 19.4 Å². The van der Waals surface area contributed by atoms with Gasteiger partial charge in [-0.3, -0.25) is 4.79 Å². The second-order valence-electron chi connectivity index (χ2n) is 4.85. The molecule has 0 radical (unpaired) electrons. The van der Waals surface area contributed by atoms with Gasteiger partial charge in [-0.1, -0.05) is 29.8 Å². The van der Waals surface area contributed by atoms with Crippen molar-refractivity contribution in [1.29, 1.82) is 0 Å². The Bertz CT molecular complexity index is 422. The zero-order chi connectivity index (χ0) is 13.1. The highest BCUT2D eigenvalue weighted by molar-refractivity contribution is 5.85. The monoisotopic (exact) mass is 284 g/mol. The Kier molecular flexibility index (Phi) is 5.79. The number of carbonyl (C=O) groups excluding carboxylic acids is 1. The Hall–Kier alpha value is -1.10. The first kappa shape index (κ1) is 16.0. The van der Waals surface area contributed by atoms with Gasteiger partial charge in [0.15, 0.2) is 0 Å². The van der Waals surface area contributed by atoms with Crippen molar-refractivity contribution < 1.29 is 9.53 Å². The topological polar surface area (TPSA) is 55.6 Å². The Morgan fingerprint density at radius 1 is 1.42 bits per heavy atom. The molecule has 1 aliphatic heterocycles. The number of rotatable bonds is 2. The molecule has 1 fully saturated rings. The highest BCUT2D eigenvalue weighted by Crippen LogP contribution is 2.16. The number of carbonyl (C=O) groups is 1. The van der Waals surface area contributed by atoms with E-state index in [1.54, 1.807) is 4.90 Å². The zero-order valence-corrected chi connectivity index (χ0v) is 12.2. The molecule has 0 aromatic heterocycles. The van der Waals surface area contributed by atoms with E-state index in [0.717, 1.165) is 5.56 Å². The zero-order valence-electron chi connectivity index (χ0n) is 11.3. The number of morpholine rings is 1. The van der Waals surface area contributed by atoms with Crippen LogP contribution in [-0.2, 0) is 9.53 Å². The minimum Gasteiger partial charge on any atom is -0.375 e. The molecule has 5 heteroatoms. The van der Waals surface area contributed by atoms with E-state index in [2.05, 4.69) is 0 Å². The molecule has 0 spiro atoms. The summed E-state index contributed by atoms with van der Waals surface area (Å²) in [5, 5.41) is 0. The van der Waals surface area contributed by atoms with Crippen LogP contribution in [0.5, 0.6) is 0 Å². The van der Waals surface area contributed by atoms with Crippen molar-refractivity contribution >= 4 is 18.3 Å². The number of aryl methyl sites for hydroxylation is 1. The molecule has 1 aromatic carbocycles. The molecule has 1 aliphatic rings. The van der Waals surface area contributed by atoms with Gasteiger partial charge in [-0.25, -0.2) is 0 Å². The summed E-state index contributed by atoms with van der Waals surface area (Å²) in [5.74, 6) is -0.0194. The van der Waals surface area contributed by atoms with Crippen molar-refractivity contribution in [2.75, 3.05) is 19.7 Å². The summed E-state index contributed by atoms with van der Waals surface area (Å²) in [7, 11) is 0. The first-order valence-corrected chi connectivity index (χ1v) is 6.30. The number of ether oxygens (including phenoxy) is 1. The van der Waals surface area contributed by atoms with Crippen LogP contribution in [0.2, 0.25) is 0 Å². The molecule has 0 saturated carbocycles. The average Bonchev–Trinajstić information content (AvgIpc) is 2.38. The number of nitrogens with two attached hydrogens (primary N) is 1. The van der Waals surface area contributed by atoms with Crippen molar-refractivity contribution in [3.05, 3.63) is 35.4 Å². The summed E-state index contributed by atoms with van der Waals surface area (Å²) in [6.45, 7) is 5.83. The summed E-state index contributed by atoms with van der Waals surface area (Å²) in [5.41, 5.74) is 8.06. The standard InChI is InChI=1S/C14H20N2O2.ClH/c1-10-3-5-12(6-4-10)13(15)14(17)16-7-8-18-11(2)9-16;/h3-6,11,13H,7-9,15H2,1-2H3;1H. The quantitative estimate of drug-likeness (QED) is 0.899. The van der Waals surface area contributed by atoms with Crippen molar-refractivity contribution in [2.24, 2.45) is 5.73 Å². The Morgan fingerprint density at radius 2 is 2.05 bits per heavy atom. The van der Waals surface area contributed by atoms with Gasteiger partial charge in [0.25, 0.3) is 0 Å². The van der Waals surface area contributed by atoms with Gasteiger partial charge in [-0.2, -0.15) is 0 Å². The fourth-order valence-corrected chi connectivity index (χ4v) is 2.13. The van der Waals surface area contributed by atoms with E-state index in [-0.39, 0.29) is 24.4 Å². The Balaban J connectivity index is 0.00000180. The van der Waals surface area contributed by atoms with Crippen LogP contribution in [0.3, 0.4) is 0 Å². The van der Waals surface area contributed by atoms with Gasteiger partial charge in [-0.15, -0.1) is 12.4 Å². The van der Waals surface area contributed by atoms with E-state index < -0.39 is 6.04 Å². The molecule has 0 bridgehead atoms. The van der Waals surface area contributed by atoms with Crippen LogP contribution in [0.4, 0.5) is 0 Å². The minimum atomic E-state index is -0.573. The van der Waals surface area contributed by atoms with Crippen LogP contribution in [0.15, 0.2) is 24.3 Å². The maximum absolute atomic E-state index is 12.3. The summed E-state index contributed by atoms with van der Waals surface area (Å²) in [4.78, 5) is 14.1. The van der Waals surface area contributed by atoms with E-state index >= 15 is 0 Å². The third-order valence-corrected chi connectivity index (χ3v) is 3.26. The number of nitrogens with zero attached hydrogens (tertiary/aromatic N) is 1. The highest BCUT2D eigenvalue weighted by Gasteiger charge is 2.26. The van der Waals surface area contributed by atoms with E-state index in [0.29, 0.717) is 19.7 Å². The Morgan fingerprint density at radius 3 is 2.63 bits per heavy atom. The molecule has 4 nitrogen and oxygen atoms in total. The van der Waals surface area contributed by atoms with Crippen LogP contribution in [-0.4, -0.2) is 36.6 Å². The number of halogens is 1. The van der Waals surface area contributed by atoms with Crippen molar-refractivity contribution in [2.45, 2.75) is 26.0 Å². The number of amides is 1. The predicted octanol–water partition coefficient (Wildman–Crippen LogP) is 1.66. The summed E-state index contributed by atoms with van der Waals surface area (Å²) < 4.78 is 5.42. The van der Waals surface area contributed by atoms with Crippen LogP contribution in [0.1, 0.15) is 24.1 Å². The van der Waals surface area contributed by atoms with E-state index in [4.69, 9.17) is 10.5 Å². The normalized spacial score (nSPS) is 20.6. The Labute approximate surface area is 120 Å². The summed E-state index contributed by atoms with van der Waals surface area (Å²) in [6.07, 6.45) is 0.0907. The first-order chi connectivity index (χ1) is 8.58. The number of hydrogen-bond donors (Lipinski definition) is 1. The largest absolute Gasteiger partial charge is 0.375 e. The summed E-state index contributed by atoms with van der Waals surface area (Å²) >= 11 is 0. The number of benzene rings is 1. The SMILES string of the molecule is Cc1ccc(C(N)C(=O)N2CCOC(C)C2)cc1.Cl. The summed E-state index contributed by atoms with van der Waals surface area (Å²) in [6, 6.07) is 7.22. The van der Waals surface area contributed by atoms with Crippen molar-refractivity contribution in [1.82, 2.24) is 4.90 Å². The molecule has 1 saturated heterocycles. The van der Waals surface area contributed by atoms with Crippen LogP contribution < -0.4 is 5.73 Å². The average molecular weight is 285 g/mol. The molecule has 2 atom stereocenters. The van der Waals surface area contributed by atoms with Gasteiger partial charge < -0.3 is 15.4 Å². The third-order valence-electron chi connectivity index (χ3n) is 3.26. The lowest BCUT2D eigenvalue weighted by Gasteiger charge is -2.32. The van der Waals surface area contributed by atoms with Crippen LogP contribution in [0, 0.1) is 6.92 Å². The van der Waals surface area contributed by atoms with E-state index in [1.165, 1.54) is 5.56 Å². The highest BCUT2D eigenvalue weighted by atomic mass is 35.5. The fraction of sp³-hybridized carbons (Fsp3) is 0.500. The first-order valence-electron chi connectivity index (χ1n) is 6.30. The molecule has 2 N–H and O–H groups in total. The van der Waals surface area contributed by atoms with Gasteiger partial charge in [0, 0.05) is 13.1 Å². The second-order valence-corrected chi connectivity index (χ2v) is 4.85. The minimum absolute atomic E-state index is 0. The predicted molar refractivity (Wildman–Crippen MR) is 77.3 cm³/mol.